The number of fused-ring (bicyclic) bond motifs is 2. The molecule has 0 spiro atoms. The highest BCUT2D eigenvalue weighted by Crippen LogP contribution is 2.66. The summed E-state index contributed by atoms with van der Waals surface area (Å²) in [5.41, 5.74) is 0.786. The Morgan fingerprint density at radius 3 is 2.38 bits per heavy atom. The van der Waals surface area contributed by atoms with Crippen LogP contribution in [0.5, 0.6) is 0 Å². The third-order valence-corrected chi connectivity index (χ3v) is 8.24. The van der Waals surface area contributed by atoms with E-state index in [0.29, 0.717) is 11.5 Å². The van der Waals surface area contributed by atoms with Crippen molar-refractivity contribution < 1.29 is 19.1 Å². The molecule has 1 aromatic rings. The Bertz CT molecular complexity index is 761. The second-order valence-electron chi connectivity index (χ2n) is 9.85. The van der Waals surface area contributed by atoms with E-state index < -0.39 is 0 Å². The number of hydrogen-bond donors (Lipinski definition) is 1. The topological polar surface area (TPSA) is 64.6 Å². The predicted molar refractivity (Wildman–Crippen MR) is 111 cm³/mol. The Labute approximate surface area is 173 Å². The van der Waals surface area contributed by atoms with Crippen LogP contribution in [0, 0.1) is 16.7 Å². The van der Waals surface area contributed by atoms with E-state index in [2.05, 4.69) is 26.1 Å². The number of esters is 1. The summed E-state index contributed by atoms with van der Waals surface area (Å²) in [4.78, 5) is 25.2. The van der Waals surface area contributed by atoms with Gasteiger partial charge in [-0.25, -0.2) is 9.59 Å². The molecule has 29 heavy (non-hydrogen) atoms. The van der Waals surface area contributed by atoms with Gasteiger partial charge in [-0.3, -0.25) is 0 Å². The van der Waals surface area contributed by atoms with Gasteiger partial charge in [0.15, 0.2) is 0 Å². The molecule has 158 valence electrons. The van der Waals surface area contributed by atoms with Gasteiger partial charge in [0.25, 0.3) is 0 Å². The van der Waals surface area contributed by atoms with Gasteiger partial charge in [0.05, 0.1) is 11.6 Å². The van der Waals surface area contributed by atoms with E-state index in [4.69, 9.17) is 9.47 Å². The number of hydrogen-bond acceptors (Lipinski definition) is 4. The average molecular weight is 400 g/mol. The van der Waals surface area contributed by atoms with Crippen LogP contribution >= 0.6 is 0 Å². The lowest BCUT2D eigenvalue weighted by Gasteiger charge is -2.39. The van der Waals surface area contributed by atoms with Gasteiger partial charge in [-0.2, -0.15) is 0 Å². The second-order valence-corrected chi connectivity index (χ2v) is 9.85. The average Bonchev–Trinajstić information content (AvgIpc) is 3.03. The van der Waals surface area contributed by atoms with Gasteiger partial charge in [0.2, 0.25) is 0 Å². The van der Waals surface area contributed by atoms with Crippen molar-refractivity contribution in [2.45, 2.75) is 84.0 Å². The van der Waals surface area contributed by atoms with Gasteiger partial charge in [0, 0.05) is 5.41 Å². The fourth-order valence-corrected chi connectivity index (χ4v) is 5.81. The maximum absolute atomic E-state index is 12.7. The molecule has 0 aromatic heterocycles. The van der Waals surface area contributed by atoms with Gasteiger partial charge in [0.1, 0.15) is 12.2 Å². The summed E-state index contributed by atoms with van der Waals surface area (Å²) >= 11 is 0. The summed E-state index contributed by atoms with van der Waals surface area (Å²) in [5, 5.41) is 3.02. The number of benzene rings is 1. The third kappa shape index (κ3) is 3.64. The molecule has 3 aliphatic carbocycles. The molecule has 1 N–H and O–H groups in total. The number of rotatable bonds is 4. The molecule has 0 heterocycles. The Balaban J connectivity index is 1.36. The summed E-state index contributed by atoms with van der Waals surface area (Å²) in [6, 6.07) is 8.82. The molecule has 3 saturated carbocycles. The van der Waals surface area contributed by atoms with E-state index in [1.54, 1.807) is 12.1 Å². The number of carbonyl (C=O) groups is 2. The minimum atomic E-state index is -0.368. The molecule has 0 saturated heterocycles. The molecular weight excluding hydrogens is 366 g/mol. The van der Waals surface area contributed by atoms with E-state index in [0.717, 1.165) is 38.5 Å². The molecule has 3 aliphatic rings. The first-order valence-corrected chi connectivity index (χ1v) is 11.0. The Hall–Kier alpha value is -2.04. The monoisotopic (exact) mass is 399 g/mol. The van der Waals surface area contributed by atoms with Crippen molar-refractivity contribution in [3.05, 3.63) is 35.9 Å². The van der Waals surface area contributed by atoms with Crippen molar-refractivity contribution in [2.24, 2.45) is 16.7 Å². The summed E-state index contributed by atoms with van der Waals surface area (Å²) in [6.45, 7) is 6.89. The Kier molecular flexibility index (Phi) is 5.34. The lowest BCUT2D eigenvalue weighted by molar-refractivity contribution is -0.0139. The first-order valence-electron chi connectivity index (χ1n) is 11.0. The zero-order valence-corrected chi connectivity index (χ0v) is 17.8. The van der Waals surface area contributed by atoms with Crippen LogP contribution in [-0.4, -0.2) is 30.3 Å². The molecule has 1 aromatic carbocycles. The van der Waals surface area contributed by atoms with Gasteiger partial charge >= 0.3 is 12.1 Å². The zero-order valence-electron chi connectivity index (χ0n) is 17.8. The van der Waals surface area contributed by atoms with Crippen LogP contribution in [0.15, 0.2) is 30.3 Å². The highest BCUT2D eigenvalue weighted by Gasteiger charge is 2.63. The molecule has 0 radical (unpaired) electrons. The predicted octanol–water partition coefficient (Wildman–Crippen LogP) is 5.10. The van der Waals surface area contributed by atoms with Gasteiger partial charge in [-0.05, 0) is 62.0 Å². The SMILES string of the molecule is CC1(C)C2CC[C@]1(C)C(OC(=O)NC1CCCCC1OC(=O)c1ccccc1)C2. The van der Waals surface area contributed by atoms with E-state index >= 15 is 0 Å². The van der Waals surface area contributed by atoms with Gasteiger partial charge in [-0.1, -0.05) is 45.4 Å². The van der Waals surface area contributed by atoms with E-state index in [9.17, 15) is 9.59 Å². The van der Waals surface area contributed by atoms with E-state index in [1.165, 1.54) is 6.42 Å². The van der Waals surface area contributed by atoms with Crippen LogP contribution in [0.3, 0.4) is 0 Å². The van der Waals surface area contributed by atoms with E-state index in [-0.39, 0.29) is 41.1 Å². The van der Waals surface area contributed by atoms with E-state index in [1.807, 2.05) is 18.2 Å². The maximum Gasteiger partial charge on any atom is 0.407 e. The lowest BCUT2D eigenvalue weighted by atomic mass is 9.70. The van der Waals surface area contributed by atoms with Crippen molar-refractivity contribution in [1.29, 1.82) is 0 Å². The smallest absolute Gasteiger partial charge is 0.407 e. The molecular formula is C24H33NO4. The maximum atomic E-state index is 12.7. The normalized spacial score (nSPS) is 35.1. The molecule has 2 bridgehead atoms. The van der Waals surface area contributed by atoms with Crippen molar-refractivity contribution in [2.75, 3.05) is 0 Å². The number of amides is 1. The number of carbonyl (C=O) groups excluding carboxylic acids is 2. The number of ether oxygens (including phenoxy) is 2. The molecule has 1 amide bonds. The highest BCUT2D eigenvalue weighted by atomic mass is 16.6. The van der Waals surface area contributed by atoms with Crippen LogP contribution in [0.25, 0.3) is 0 Å². The van der Waals surface area contributed by atoms with Crippen molar-refractivity contribution >= 4 is 12.1 Å². The highest BCUT2D eigenvalue weighted by molar-refractivity contribution is 5.89. The van der Waals surface area contributed by atoms with Gasteiger partial charge < -0.3 is 14.8 Å². The fraction of sp³-hybridized carbons (Fsp3) is 0.667. The minimum absolute atomic E-state index is 0.0369. The zero-order chi connectivity index (χ0) is 20.6. The minimum Gasteiger partial charge on any atom is -0.457 e. The molecule has 5 nitrogen and oxygen atoms in total. The summed E-state index contributed by atoms with van der Waals surface area (Å²) in [7, 11) is 0. The Morgan fingerprint density at radius 2 is 1.72 bits per heavy atom. The first-order chi connectivity index (χ1) is 13.8. The van der Waals surface area contributed by atoms with Crippen molar-refractivity contribution in [1.82, 2.24) is 5.32 Å². The standard InChI is InChI=1S/C24H33NO4/c1-23(2)17-13-14-24(23,3)20(15-17)29-22(27)25-18-11-7-8-12-19(18)28-21(26)16-9-5-4-6-10-16/h4-6,9-10,17-20H,7-8,11-15H2,1-3H3,(H,25,27)/t17?,18?,19?,20?,24-/m1/s1. The number of alkyl carbamates (subject to hydrolysis) is 1. The second kappa shape index (κ2) is 7.66. The van der Waals surface area contributed by atoms with Crippen LogP contribution in [-0.2, 0) is 9.47 Å². The third-order valence-electron chi connectivity index (χ3n) is 8.24. The first kappa shape index (κ1) is 20.2. The summed E-state index contributed by atoms with van der Waals surface area (Å²) in [5.74, 6) is 0.291. The Morgan fingerprint density at radius 1 is 1.00 bits per heavy atom. The van der Waals surface area contributed by atoms with Crippen LogP contribution in [0.1, 0.15) is 76.1 Å². The summed E-state index contributed by atoms with van der Waals surface area (Å²) < 4.78 is 11.7. The lowest BCUT2D eigenvalue weighted by Crippen LogP contribution is -2.49. The largest absolute Gasteiger partial charge is 0.457 e. The quantitative estimate of drug-likeness (QED) is 0.716. The fourth-order valence-electron chi connectivity index (χ4n) is 5.81. The molecule has 3 fully saturated rings. The van der Waals surface area contributed by atoms with Crippen LogP contribution in [0.2, 0.25) is 0 Å². The van der Waals surface area contributed by atoms with Crippen LogP contribution in [0.4, 0.5) is 4.79 Å². The van der Waals surface area contributed by atoms with Gasteiger partial charge in [-0.15, -0.1) is 0 Å². The van der Waals surface area contributed by atoms with Crippen molar-refractivity contribution in [3.63, 3.8) is 0 Å². The summed E-state index contributed by atoms with van der Waals surface area (Å²) in [6.07, 6.45) is 6.16. The molecule has 5 atom stereocenters. The molecule has 0 aliphatic heterocycles. The van der Waals surface area contributed by atoms with Crippen molar-refractivity contribution in [3.8, 4) is 0 Å². The molecule has 4 unspecified atom stereocenters. The molecule has 4 rings (SSSR count). The molecule has 5 heteroatoms. The van der Waals surface area contributed by atoms with Crippen LogP contribution < -0.4 is 5.32 Å². The number of nitrogens with one attached hydrogen (secondary N) is 1.